The van der Waals surface area contributed by atoms with Crippen molar-refractivity contribution in [3.05, 3.63) is 46.2 Å². The van der Waals surface area contributed by atoms with Crippen molar-refractivity contribution in [1.82, 2.24) is 5.32 Å². The Labute approximate surface area is 145 Å². The monoisotopic (exact) mass is 344 g/mol. The summed E-state index contributed by atoms with van der Waals surface area (Å²) in [5, 5.41) is 5.29. The molecule has 3 rings (SSSR count). The molecular formula is C18H20N2O3S. The minimum absolute atomic E-state index is 0.171. The minimum Gasteiger partial charge on any atom is -0.497 e. The molecule has 1 atom stereocenters. The van der Waals surface area contributed by atoms with Gasteiger partial charge in [0.05, 0.1) is 25.3 Å². The maximum absolute atomic E-state index is 12.5. The van der Waals surface area contributed by atoms with E-state index in [1.165, 1.54) is 15.3 Å². The molecule has 1 saturated heterocycles. The molecule has 0 unspecified atom stereocenters. The number of benzene rings is 1. The number of nitrogens with zero attached hydrogens (tertiary/aromatic N) is 1. The number of imide groups is 1. The summed E-state index contributed by atoms with van der Waals surface area (Å²) >= 11 is 1.72. The first kappa shape index (κ1) is 16.7. The number of amides is 2. The molecule has 0 saturated carbocycles. The molecular weight excluding hydrogens is 324 g/mol. The number of ether oxygens (including phenoxy) is 1. The fraction of sp³-hybridized carbons (Fsp3) is 0.333. The third kappa shape index (κ3) is 3.34. The van der Waals surface area contributed by atoms with Gasteiger partial charge in [0.2, 0.25) is 5.91 Å². The van der Waals surface area contributed by atoms with Crippen LogP contribution in [0.1, 0.15) is 16.9 Å². The zero-order valence-corrected chi connectivity index (χ0v) is 14.6. The summed E-state index contributed by atoms with van der Waals surface area (Å²) in [5.41, 5.74) is 1.86. The van der Waals surface area contributed by atoms with E-state index in [2.05, 4.69) is 23.7 Å². The number of hydrogen-bond acceptors (Lipinski definition) is 5. The molecule has 0 spiro atoms. The van der Waals surface area contributed by atoms with Crippen LogP contribution in [0.25, 0.3) is 0 Å². The molecule has 126 valence electrons. The summed E-state index contributed by atoms with van der Waals surface area (Å²) in [6, 6.07) is 8.60. The smallest absolute Gasteiger partial charge is 0.251 e. The van der Waals surface area contributed by atoms with Crippen LogP contribution >= 0.6 is 11.3 Å². The largest absolute Gasteiger partial charge is 0.497 e. The first-order valence-corrected chi connectivity index (χ1v) is 8.75. The van der Waals surface area contributed by atoms with E-state index in [4.69, 9.17) is 4.74 Å². The zero-order valence-electron chi connectivity index (χ0n) is 13.7. The Morgan fingerprint density at radius 1 is 1.25 bits per heavy atom. The quantitative estimate of drug-likeness (QED) is 0.818. The summed E-state index contributed by atoms with van der Waals surface area (Å²) in [6.45, 7) is 2.77. The molecule has 1 fully saturated rings. The SMILES string of the molecule is COc1ccc(N2C(=O)C[C@H](NCCc3sccc3C)C2=O)cc1. The van der Waals surface area contributed by atoms with Gasteiger partial charge in [0.25, 0.3) is 5.91 Å². The van der Waals surface area contributed by atoms with Gasteiger partial charge in [-0.1, -0.05) is 0 Å². The van der Waals surface area contributed by atoms with E-state index in [0.717, 1.165) is 6.42 Å². The first-order chi connectivity index (χ1) is 11.6. The molecule has 1 aliphatic heterocycles. The van der Waals surface area contributed by atoms with Crippen LogP contribution in [0, 0.1) is 6.92 Å². The summed E-state index contributed by atoms with van der Waals surface area (Å²) in [7, 11) is 1.58. The van der Waals surface area contributed by atoms with E-state index in [0.29, 0.717) is 18.0 Å². The molecule has 0 aliphatic carbocycles. The molecule has 2 heterocycles. The molecule has 1 N–H and O–H groups in total. The Morgan fingerprint density at radius 3 is 2.62 bits per heavy atom. The third-order valence-corrected chi connectivity index (χ3v) is 5.27. The van der Waals surface area contributed by atoms with Crippen LogP contribution in [0.15, 0.2) is 35.7 Å². The number of nitrogens with one attached hydrogen (secondary N) is 1. The van der Waals surface area contributed by atoms with Crippen molar-refractivity contribution >= 4 is 28.8 Å². The predicted octanol–water partition coefficient (Wildman–Crippen LogP) is 2.53. The van der Waals surface area contributed by atoms with Crippen molar-refractivity contribution in [2.75, 3.05) is 18.6 Å². The third-order valence-electron chi connectivity index (χ3n) is 4.19. The number of methoxy groups -OCH3 is 1. The van der Waals surface area contributed by atoms with Crippen molar-refractivity contribution < 1.29 is 14.3 Å². The second-order valence-electron chi connectivity index (χ2n) is 5.75. The number of aryl methyl sites for hydroxylation is 1. The summed E-state index contributed by atoms with van der Waals surface area (Å²) in [5.74, 6) is 0.335. The van der Waals surface area contributed by atoms with Gasteiger partial charge in [-0.05, 0) is 54.6 Å². The van der Waals surface area contributed by atoms with Gasteiger partial charge in [0.15, 0.2) is 0 Å². The van der Waals surface area contributed by atoms with Gasteiger partial charge in [-0.2, -0.15) is 0 Å². The van der Waals surface area contributed by atoms with Gasteiger partial charge in [-0.3, -0.25) is 9.59 Å². The minimum atomic E-state index is -0.445. The Kier molecular flexibility index (Phi) is 4.97. The lowest BCUT2D eigenvalue weighted by Gasteiger charge is -2.16. The van der Waals surface area contributed by atoms with Gasteiger partial charge >= 0.3 is 0 Å². The fourth-order valence-corrected chi connectivity index (χ4v) is 3.72. The van der Waals surface area contributed by atoms with Crippen molar-refractivity contribution in [2.24, 2.45) is 0 Å². The molecule has 1 aromatic heterocycles. The number of thiophene rings is 1. The summed E-state index contributed by atoms with van der Waals surface area (Å²) in [6.07, 6.45) is 1.07. The Hall–Kier alpha value is -2.18. The molecule has 0 bridgehead atoms. The Morgan fingerprint density at radius 2 is 2.00 bits per heavy atom. The standard InChI is InChI=1S/C18H20N2O3S/c1-12-8-10-24-16(12)7-9-19-15-11-17(21)20(18(15)22)13-3-5-14(23-2)6-4-13/h3-6,8,10,15,19H,7,9,11H2,1-2H3/t15-/m0/s1. The van der Waals surface area contributed by atoms with Gasteiger partial charge in [-0.15, -0.1) is 11.3 Å². The maximum Gasteiger partial charge on any atom is 0.251 e. The molecule has 5 nitrogen and oxygen atoms in total. The van der Waals surface area contributed by atoms with Crippen LogP contribution in [0.3, 0.4) is 0 Å². The van der Waals surface area contributed by atoms with Gasteiger partial charge < -0.3 is 10.1 Å². The van der Waals surface area contributed by atoms with Crippen LogP contribution in [0.2, 0.25) is 0 Å². The van der Waals surface area contributed by atoms with Crippen molar-refractivity contribution in [3.8, 4) is 5.75 Å². The number of rotatable bonds is 6. The van der Waals surface area contributed by atoms with Gasteiger partial charge in [0.1, 0.15) is 5.75 Å². The second kappa shape index (κ2) is 7.15. The fourth-order valence-electron chi connectivity index (χ4n) is 2.81. The van der Waals surface area contributed by atoms with Crippen LogP contribution in [-0.4, -0.2) is 31.5 Å². The lowest BCUT2D eigenvalue weighted by molar-refractivity contribution is -0.121. The number of carbonyl (C=O) groups is 2. The lowest BCUT2D eigenvalue weighted by Crippen LogP contribution is -2.39. The highest BCUT2D eigenvalue weighted by atomic mass is 32.1. The van der Waals surface area contributed by atoms with Crippen LogP contribution in [0.5, 0.6) is 5.75 Å². The molecule has 1 aromatic carbocycles. The normalized spacial score (nSPS) is 17.6. The highest BCUT2D eigenvalue weighted by Crippen LogP contribution is 2.25. The number of hydrogen-bond donors (Lipinski definition) is 1. The second-order valence-corrected chi connectivity index (χ2v) is 6.75. The Bertz CT molecular complexity index is 739. The van der Waals surface area contributed by atoms with E-state index >= 15 is 0 Å². The average molecular weight is 344 g/mol. The lowest BCUT2D eigenvalue weighted by atomic mass is 10.2. The van der Waals surface area contributed by atoms with Crippen LogP contribution < -0.4 is 15.0 Å². The van der Waals surface area contributed by atoms with Crippen LogP contribution in [-0.2, 0) is 16.0 Å². The summed E-state index contributed by atoms with van der Waals surface area (Å²) in [4.78, 5) is 27.3. The highest BCUT2D eigenvalue weighted by molar-refractivity contribution is 7.10. The number of carbonyl (C=O) groups excluding carboxylic acids is 2. The Balaban J connectivity index is 1.62. The highest BCUT2D eigenvalue weighted by Gasteiger charge is 2.39. The van der Waals surface area contributed by atoms with Gasteiger partial charge in [0, 0.05) is 11.4 Å². The topological polar surface area (TPSA) is 58.6 Å². The van der Waals surface area contributed by atoms with Crippen molar-refractivity contribution in [2.45, 2.75) is 25.8 Å². The molecule has 0 radical (unpaired) electrons. The molecule has 2 amide bonds. The zero-order chi connectivity index (χ0) is 17.1. The molecule has 1 aliphatic rings. The molecule has 2 aromatic rings. The number of anilines is 1. The average Bonchev–Trinajstić information content (AvgIpc) is 3.11. The van der Waals surface area contributed by atoms with Crippen molar-refractivity contribution in [3.63, 3.8) is 0 Å². The van der Waals surface area contributed by atoms with Gasteiger partial charge in [-0.25, -0.2) is 4.90 Å². The van der Waals surface area contributed by atoms with E-state index < -0.39 is 6.04 Å². The van der Waals surface area contributed by atoms with E-state index in [1.807, 2.05) is 0 Å². The van der Waals surface area contributed by atoms with E-state index in [-0.39, 0.29) is 18.2 Å². The molecule has 6 heteroatoms. The van der Waals surface area contributed by atoms with E-state index in [9.17, 15) is 9.59 Å². The van der Waals surface area contributed by atoms with E-state index in [1.54, 1.807) is 42.7 Å². The maximum atomic E-state index is 12.5. The first-order valence-electron chi connectivity index (χ1n) is 7.87. The predicted molar refractivity (Wildman–Crippen MR) is 94.7 cm³/mol. The van der Waals surface area contributed by atoms with Crippen LogP contribution in [0.4, 0.5) is 5.69 Å². The summed E-state index contributed by atoms with van der Waals surface area (Å²) < 4.78 is 5.11. The van der Waals surface area contributed by atoms with Crippen molar-refractivity contribution in [1.29, 1.82) is 0 Å². The molecule has 24 heavy (non-hydrogen) atoms.